The van der Waals surface area contributed by atoms with Crippen LogP contribution in [0.5, 0.6) is 0 Å². The van der Waals surface area contributed by atoms with Gasteiger partial charge in [-0.3, -0.25) is 0 Å². The first-order chi connectivity index (χ1) is 6.29. The maximum absolute atomic E-state index is 5.09. The molecule has 0 aliphatic carbocycles. The number of hydrogen-bond donors (Lipinski definition) is 0. The molecule has 0 N–H and O–H groups in total. The fourth-order valence-electron chi connectivity index (χ4n) is 1.09. The molecule has 13 heavy (non-hydrogen) atoms. The van der Waals surface area contributed by atoms with Crippen molar-refractivity contribution >= 4 is 11.8 Å². The van der Waals surface area contributed by atoms with Crippen molar-refractivity contribution in [3.63, 3.8) is 0 Å². The lowest BCUT2D eigenvalue weighted by molar-refractivity contribution is 0.440. The molecule has 0 aliphatic heterocycles. The number of ether oxygens (including phenoxy) is 1. The smallest absolute Gasteiger partial charge is 0.127 e. The highest BCUT2D eigenvalue weighted by Gasteiger charge is 2.01. The van der Waals surface area contributed by atoms with E-state index in [9.17, 15) is 0 Å². The number of hydrogen-bond acceptors (Lipinski definition) is 1. The number of benzene rings is 1. The van der Waals surface area contributed by atoms with Crippen LogP contribution in [-0.2, 0) is 4.74 Å². The zero-order valence-corrected chi connectivity index (χ0v) is 7.49. The van der Waals surface area contributed by atoms with Gasteiger partial charge in [-0.15, -0.1) is 0 Å². The van der Waals surface area contributed by atoms with Crippen molar-refractivity contribution < 1.29 is 4.74 Å². The Kier molecular flexibility index (Phi) is 3.09. The maximum Gasteiger partial charge on any atom is 0.127 e. The molecular formula is C12H12O. The Bertz CT molecular complexity index is 337. The summed E-state index contributed by atoms with van der Waals surface area (Å²) >= 11 is 0. The van der Waals surface area contributed by atoms with Crippen LogP contribution in [0, 0.1) is 0 Å². The lowest BCUT2D eigenvalue weighted by Crippen LogP contribution is -1.87. The molecule has 0 aromatic heterocycles. The normalized spacial score (nSPS) is 8.92. The Morgan fingerprint density at radius 2 is 1.92 bits per heavy atom. The third kappa shape index (κ3) is 2.09. The van der Waals surface area contributed by atoms with Gasteiger partial charge in [-0.1, -0.05) is 50.1 Å². The van der Waals surface area contributed by atoms with Crippen molar-refractivity contribution in [2.75, 3.05) is 0 Å². The lowest BCUT2D eigenvalue weighted by atomic mass is 10.1. The van der Waals surface area contributed by atoms with E-state index in [-0.39, 0.29) is 0 Å². The molecule has 1 rings (SSSR count). The Hall–Kier alpha value is -1.76. The van der Waals surface area contributed by atoms with Gasteiger partial charge in [0.1, 0.15) is 5.76 Å². The van der Waals surface area contributed by atoms with E-state index in [0.29, 0.717) is 5.76 Å². The quantitative estimate of drug-likeness (QED) is 0.632. The molecule has 0 saturated carbocycles. The largest absolute Gasteiger partial charge is 0.466 e. The van der Waals surface area contributed by atoms with Crippen LogP contribution >= 0.6 is 0 Å². The van der Waals surface area contributed by atoms with E-state index in [1.807, 2.05) is 24.3 Å². The first-order valence-corrected chi connectivity index (χ1v) is 3.98. The second-order valence-electron chi connectivity index (χ2n) is 2.50. The van der Waals surface area contributed by atoms with E-state index in [2.05, 4.69) is 19.7 Å². The van der Waals surface area contributed by atoms with Gasteiger partial charge in [-0.2, -0.15) is 0 Å². The van der Waals surface area contributed by atoms with Crippen LogP contribution in [0.4, 0.5) is 0 Å². The molecule has 0 bridgehead atoms. The van der Waals surface area contributed by atoms with Crippen LogP contribution in [0.3, 0.4) is 0 Å². The molecule has 0 spiro atoms. The highest BCUT2D eigenvalue weighted by Crippen LogP contribution is 2.19. The topological polar surface area (TPSA) is 9.23 Å². The van der Waals surface area contributed by atoms with E-state index in [1.54, 1.807) is 6.08 Å². The average molecular weight is 172 g/mol. The molecule has 0 fully saturated rings. The van der Waals surface area contributed by atoms with E-state index >= 15 is 0 Å². The van der Waals surface area contributed by atoms with Crippen molar-refractivity contribution in [1.82, 2.24) is 0 Å². The molecule has 0 atom stereocenters. The van der Waals surface area contributed by atoms with Gasteiger partial charge in [-0.05, 0) is 5.56 Å². The monoisotopic (exact) mass is 172 g/mol. The highest BCUT2D eigenvalue weighted by atomic mass is 16.5. The SMILES string of the molecule is C=COC(=C)c1ccccc1C=C. The van der Waals surface area contributed by atoms with Crippen LogP contribution in [-0.4, -0.2) is 0 Å². The molecule has 66 valence electrons. The van der Waals surface area contributed by atoms with Gasteiger partial charge in [-0.25, -0.2) is 0 Å². The number of rotatable bonds is 4. The molecule has 1 aromatic rings. The summed E-state index contributed by atoms with van der Waals surface area (Å²) in [6.45, 7) is 11.0. The summed E-state index contributed by atoms with van der Waals surface area (Å²) in [5.74, 6) is 0.588. The van der Waals surface area contributed by atoms with E-state index < -0.39 is 0 Å². The highest BCUT2D eigenvalue weighted by molar-refractivity contribution is 5.69. The average Bonchev–Trinajstić information content (AvgIpc) is 2.18. The molecule has 0 radical (unpaired) electrons. The zero-order chi connectivity index (χ0) is 9.68. The van der Waals surface area contributed by atoms with Crippen molar-refractivity contribution in [2.45, 2.75) is 0 Å². The van der Waals surface area contributed by atoms with E-state index in [0.717, 1.165) is 11.1 Å². The standard InChI is InChI=1S/C12H12O/c1-4-11-8-6-7-9-12(11)10(3)13-5-2/h4-9H,1-3H2. The Labute approximate surface area is 78.7 Å². The molecule has 0 amide bonds. The molecule has 1 nitrogen and oxygen atoms in total. The van der Waals surface area contributed by atoms with Crippen LogP contribution in [0.2, 0.25) is 0 Å². The third-order valence-corrected chi connectivity index (χ3v) is 1.71. The van der Waals surface area contributed by atoms with Crippen molar-refractivity contribution in [2.24, 2.45) is 0 Å². The second kappa shape index (κ2) is 4.31. The van der Waals surface area contributed by atoms with Crippen LogP contribution in [0.1, 0.15) is 11.1 Å². The molecule has 0 heterocycles. The van der Waals surface area contributed by atoms with Gasteiger partial charge >= 0.3 is 0 Å². The predicted octanol–water partition coefficient (Wildman–Crippen LogP) is 3.46. The second-order valence-corrected chi connectivity index (χ2v) is 2.50. The summed E-state index contributed by atoms with van der Waals surface area (Å²) in [7, 11) is 0. The van der Waals surface area contributed by atoms with Crippen LogP contribution in [0.25, 0.3) is 11.8 Å². The van der Waals surface area contributed by atoms with Crippen LogP contribution in [0.15, 0.2) is 50.3 Å². The first-order valence-electron chi connectivity index (χ1n) is 3.98. The molecule has 0 saturated heterocycles. The van der Waals surface area contributed by atoms with Gasteiger partial charge < -0.3 is 4.74 Å². The lowest BCUT2D eigenvalue weighted by Gasteiger charge is -2.07. The Morgan fingerprint density at radius 1 is 1.23 bits per heavy atom. The summed E-state index contributed by atoms with van der Waals surface area (Å²) < 4.78 is 5.09. The van der Waals surface area contributed by atoms with Gasteiger partial charge in [0.2, 0.25) is 0 Å². The first kappa shape index (κ1) is 9.33. The molecule has 0 unspecified atom stereocenters. The predicted molar refractivity (Wildman–Crippen MR) is 56.8 cm³/mol. The Morgan fingerprint density at radius 3 is 2.54 bits per heavy atom. The zero-order valence-electron chi connectivity index (χ0n) is 7.49. The van der Waals surface area contributed by atoms with Crippen molar-refractivity contribution in [3.05, 3.63) is 61.4 Å². The van der Waals surface area contributed by atoms with Gasteiger partial charge in [0, 0.05) is 5.56 Å². The maximum atomic E-state index is 5.09. The fourth-order valence-corrected chi connectivity index (χ4v) is 1.09. The Balaban J connectivity index is 3.05. The summed E-state index contributed by atoms with van der Waals surface area (Å²) in [6, 6.07) is 7.77. The van der Waals surface area contributed by atoms with Crippen molar-refractivity contribution in [3.8, 4) is 0 Å². The van der Waals surface area contributed by atoms with Crippen molar-refractivity contribution in [1.29, 1.82) is 0 Å². The van der Waals surface area contributed by atoms with Crippen LogP contribution < -0.4 is 0 Å². The fraction of sp³-hybridized carbons (Fsp3) is 0. The van der Waals surface area contributed by atoms with Gasteiger partial charge in [0.25, 0.3) is 0 Å². The summed E-state index contributed by atoms with van der Waals surface area (Å²) in [5.41, 5.74) is 1.95. The van der Waals surface area contributed by atoms with E-state index in [1.165, 1.54) is 6.26 Å². The summed E-state index contributed by atoms with van der Waals surface area (Å²) in [4.78, 5) is 0. The van der Waals surface area contributed by atoms with Gasteiger partial charge in [0.15, 0.2) is 0 Å². The molecule has 0 aliphatic rings. The van der Waals surface area contributed by atoms with E-state index in [4.69, 9.17) is 4.74 Å². The summed E-state index contributed by atoms with van der Waals surface area (Å²) in [5, 5.41) is 0. The minimum absolute atomic E-state index is 0.588. The molecular weight excluding hydrogens is 160 g/mol. The minimum Gasteiger partial charge on any atom is -0.466 e. The molecule has 1 aromatic carbocycles. The van der Waals surface area contributed by atoms with Gasteiger partial charge in [0.05, 0.1) is 6.26 Å². The molecule has 1 heteroatoms. The minimum atomic E-state index is 0.588. The summed E-state index contributed by atoms with van der Waals surface area (Å²) in [6.07, 6.45) is 3.13. The third-order valence-electron chi connectivity index (χ3n) is 1.71.